The number of carbonyl (C=O) groups excluding carboxylic acids is 1. The Balaban J connectivity index is 2.21. The van der Waals surface area contributed by atoms with Gasteiger partial charge in [-0.05, 0) is 46.6 Å². The van der Waals surface area contributed by atoms with Crippen molar-refractivity contribution in [1.29, 1.82) is 5.26 Å². The first kappa shape index (κ1) is 15.8. The van der Waals surface area contributed by atoms with Crippen LogP contribution in [0.5, 0.6) is 0 Å². The number of amides is 1. The van der Waals surface area contributed by atoms with Crippen LogP contribution >= 0.6 is 38.5 Å². The highest BCUT2D eigenvalue weighted by atomic mass is 127. The number of nitrogens with one attached hydrogen (secondary N) is 1. The summed E-state index contributed by atoms with van der Waals surface area (Å²) in [5.74, 6) is -0.0205. The van der Waals surface area contributed by atoms with E-state index in [0.717, 1.165) is 10.0 Å². The van der Waals surface area contributed by atoms with Crippen LogP contribution in [-0.2, 0) is 4.79 Å². The largest absolute Gasteiger partial charge is 0.450 e. The summed E-state index contributed by atoms with van der Waals surface area (Å²) in [5.41, 5.74) is 1.66. The Morgan fingerprint density at radius 2 is 2.24 bits per heavy atom. The van der Waals surface area contributed by atoms with Gasteiger partial charge in [-0.15, -0.1) is 0 Å². The van der Waals surface area contributed by atoms with Crippen LogP contribution in [0.25, 0.3) is 6.08 Å². The zero-order valence-corrected chi connectivity index (χ0v) is 14.7. The number of aryl methyl sites for hydroxylation is 1. The number of nitrogens with zero attached hydrogens (tertiary/aromatic N) is 1. The molecule has 1 aromatic carbocycles. The van der Waals surface area contributed by atoms with Crippen LogP contribution < -0.4 is 5.32 Å². The molecule has 0 saturated heterocycles. The lowest BCUT2D eigenvalue weighted by Gasteiger charge is -2.04. The molecule has 2 aromatic rings. The highest BCUT2D eigenvalue weighted by Gasteiger charge is 2.12. The van der Waals surface area contributed by atoms with Gasteiger partial charge >= 0.3 is 0 Å². The van der Waals surface area contributed by atoms with Crippen molar-refractivity contribution in [3.63, 3.8) is 0 Å². The topological polar surface area (TPSA) is 66.0 Å². The number of anilines is 1. The highest BCUT2D eigenvalue weighted by molar-refractivity contribution is 14.1. The van der Waals surface area contributed by atoms with E-state index in [0.29, 0.717) is 15.2 Å². The third-order valence-electron chi connectivity index (χ3n) is 2.59. The normalized spacial score (nSPS) is 11.0. The number of hydrogen-bond acceptors (Lipinski definition) is 3. The lowest BCUT2D eigenvalue weighted by molar-refractivity contribution is -0.112. The molecule has 21 heavy (non-hydrogen) atoms. The molecular weight excluding hydrogens is 447 g/mol. The van der Waals surface area contributed by atoms with Crippen molar-refractivity contribution in [2.24, 2.45) is 0 Å². The molecule has 1 heterocycles. The third-order valence-corrected chi connectivity index (χ3v) is 4.72. The highest BCUT2D eigenvalue weighted by Crippen LogP contribution is 2.24. The molecule has 0 spiro atoms. The molecule has 0 fully saturated rings. The van der Waals surface area contributed by atoms with E-state index in [2.05, 4.69) is 21.2 Å². The number of nitriles is 1. The standard InChI is InChI=1S/C15H10BrIN2O2/c1-9-3-2-4-11(5-9)19-15(20)10(8-18)6-12-7-13(16)14(17)21-12/h2-7H,1H3,(H,19,20). The van der Waals surface area contributed by atoms with Crippen LogP contribution in [0, 0.1) is 22.0 Å². The van der Waals surface area contributed by atoms with Gasteiger partial charge in [0.2, 0.25) is 0 Å². The quantitative estimate of drug-likeness (QED) is 0.420. The molecule has 106 valence electrons. The van der Waals surface area contributed by atoms with Crippen LogP contribution in [0.1, 0.15) is 11.3 Å². The second-order valence-corrected chi connectivity index (χ2v) is 6.10. The van der Waals surface area contributed by atoms with Crippen molar-refractivity contribution in [3.8, 4) is 6.07 Å². The molecule has 0 aliphatic heterocycles. The van der Waals surface area contributed by atoms with Crippen LogP contribution in [0.15, 0.2) is 44.8 Å². The smallest absolute Gasteiger partial charge is 0.266 e. The minimum atomic E-state index is -0.467. The van der Waals surface area contributed by atoms with Crippen molar-refractivity contribution in [2.75, 3.05) is 5.32 Å². The minimum absolute atomic E-state index is 0.0193. The van der Waals surface area contributed by atoms with Crippen LogP contribution in [-0.4, -0.2) is 5.91 Å². The van der Waals surface area contributed by atoms with Crippen molar-refractivity contribution in [2.45, 2.75) is 6.92 Å². The van der Waals surface area contributed by atoms with Crippen molar-refractivity contribution in [3.05, 3.63) is 55.5 Å². The van der Waals surface area contributed by atoms with Crippen molar-refractivity contribution >= 4 is 56.2 Å². The van der Waals surface area contributed by atoms with Crippen molar-refractivity contribution in [1.82, 2.24) is 0 Å². The van der Waals surface area contributed by atoms with Gasteiger partial charge in [0.25, 0.3) is 5.91 Å². The summed E-state index contributed by atoms with van der Waals surface area (Å²) >= 11 is 5.33. The molecule has 4 nitrogen and oxygen atoms in total. The predicted molar refractivity (Wildman–Crippen MR) is 92.5 cm³/mol. The number of rotatable bonds is 3. The van der Waals surface area contributed by atoms with Gasteiger partial charge < -0.3 is 9.73 Å². The Morgan fingerprint density at radius 1 is 1.48 bits per heavy atom. The molecule has 1 amide bonds. The SMILES string of the molecule is Cc1cccc(NC(=O)C(C#N)=Cc2cc(Br)c(I)o2)c1. The fraction of sp³-hybridized carbons (Fsp3) is 0.0667. The van der Waals surface area contributed by atoms with E-state index < -0.39 is 5.91 Å². The number of halogens is 2. The lowest BCUT2D eigenvalue weighted by atomic mass is 10.2. The van der Waals surface area contributed by atoms with Gasteiger partial charge in [-0.25, -0.2) is 0 Å². The molecule has 2 rings (SSSR count). The van der Waals surface area contributed by atoms with Gasteiger partial charge in [-0.2, -0.15) is 5.26 Å². The van der Waals surface area contributed by atoms with E-state index in [9.17, 15) is 4.79 Å². The Morgan fingerprint density at radius 3 is 2.81 bits per heavy atom. The zero-order valence-electron chi connectivity index (χ0n) is 11.0. The molecule has 0 aliphatic carbocycles. The van der Waals surface area contributed by atoms with E-state index in [1.54, 1.807) is 12.1 Å². The summed E-state index contributed by atoms with van der Waals surface area (Å²) in [4.78, 5) is 12.1. The number of hydrogen-bond donors (Lipinski definition) is 1. The predicted octanol–water partition coefficient (Wildman–Crippen LogP) is 4.50. The fourth-order valence-corrected chi connectivity index (χ4v) is 2.36. The van der Waals surface area contributed by atoms with E-state index in [1.165, 1.54) is 6.08 Å². The van der Waals surface area contributed by atoms with Crippen molar-refractivity contribution < 1.29 is 9.21 Å². The van der Waals surface area contributed by atoms with Crippen LogP contribution in [0.3, 0.4) is 0 Å². The summed E-state index contributed by atoms with van der Waals surface area (Å²) in [7, 11) is 0. The first-order chi connectivity index (χ1) is 9.99. The second kappa shape index (κ2) is 6.91. The number of furan rings is 1. The van der Waals surface area contributed by atoms with E-state index in [4.69, 9.17) is 9.68 Å². The Bertz CT molecular complexity index is 740. The maximum absolute atomic E-state index is 12.1. The maximum atomic E-state index is 12.1. The molecule has 0 atom stereocenters. The molecular formula is C15H10BrIN2O2. The average molecular weight is 457 g/mol. The molecule has 1 N–H and O–H groups in total. The molecule has 0 saturated carbocycles. The van der Waals surface area contributed by atoms with Gasteiger partial charge in [0.15, 0.2) is 3.77 Å². The zero-order chi connectivity index (χ0) is 15.4. The van der Waals surface area contributed by atoms with Gasteiger partial charge in [0, 0.05) is 34.4 Å². The third kappa shape index (κ3) is 4.19. The minimum Gasteiger partial charge on any atom is -0.450 e. The van der Waals surface area contributed by atoms with E-state index in [1.807, 2.05) is 53.8 Å². The molecule has 0 unspecified atom stereocenters. The van der Waals surface area contributed by atoms with Gasteiger partial charge in [-0.3, -0.25) is 4.79 Å². The van der Waals surface area contributed by atoms with Crippen LogP contribution in [0.2, 0.25) is 0 Å². The number of carbonyl (C=O) groups is 1. The molecule has 6 heteroatoms. The lowest BCUT2D eigenvalue weighted by Crippen LogP contribution is -2.13. The Hall–Kier alpha value is -1.59. The van der Waals surface area contributed by atoms with Gasteiger partial charge in [-0.1, -0.05) is 12.1 Å². The molecule has 0 aliphatic rings. The van der Waals surface area contributed by atoms with Gasteiger partial charge in [0.05, 0.1) is 4.47 Å². The summed E-state index contributed by atoms with van der Waals surface area (Å²) in [6.45, 7) is 1.93. The number of benzene rings is 1. The first-order valence-electron chi connectivity index (χ1n) is 5.94. The fourth-order valence-electron chi connectivity index (χ4n) is 1.65. The summed E-state index contributed by atoms with van der Waals surface area (Å²) in [6, 6.07) is 11.0. The van der Waals surface area contributed by atoms with Gasteiger partial charge in [0.1, 0.15) is 17.4 Å². The first-order valence-corrected chi connectivity index (χ1v) is 7.81. The molecule has 1 aromatic heterocycles. The second-order valence-electron chi connectivity index (χ2n) is 4.26. The average Bonchev–Trinajstić information content (AvgIpc) is 2.74. The Kier molecular flexibility index (Phi) is 5.20. The van der Waals surface area contributed by atoms with E-state index >= 15 is 0 Å². The Labute approximate surface area is 144 Å². The molecule has 0 radical (unpaired) electrons. The molecule has 0 bridgehead atoms. The monoisotopic (exact) mass is 456 g/mol. The van der Waals surface area contributed by atoms with E-state index in [-0.39, 0.29) is 5.57 Å². The summed E-state index contributed by atoms with van der Waals surface area (Å²) in [5, 5.41) is 11.8. The summed E-state index contributed by atoms with van der Waals surface area (Å²) < 4.78 is 6.84. The summed E-state index contributed by atoms with van der Waals surface area (Å²) in [6.07, 6.45) is 1.41. The van der Waals surface area contributed by atoms with Crippen LogP contribution in [0.4, 0.5) is 5.69 Å². The maximum Gasteiger partial charge on any atom is 0.266 e.